The number of aromatic nitrogens is 3. The van der Waals surface area contributed by atoms with Crippen molar-refractivity contribution in [3.63, 3.8) is 0 Å². The van der Waals surface area contributed by atoms with Crippen molar-refractivity contribution in [3.05, 3.63) is 48.3 Å². The van der Waals surface area contributed by atoms with Crippen LogP contribution in [0.4, 0.5) is 5.82 Å². The summed E-state index contributed by atoms with van der Waals surface area (Å²) >= 11 is 0. The number of nitrogens with one attached hydrogen (secondary N) is 1. The van der Waals surface area contributed by atoms with E-state index >= 15 is 0 Å². The van der Waals surface area contributed by atoms with Crippen molar-refractivity contribution in [1.82, 2.24) is 14.6 Å². The minimum atomic E-state index is 0.614. The minimum Gasteiger partial charge on any atom is -0.307 e. The number of anilines is 1. The van der Waals surface area contributed by atoms with Crippen LogP contribution in [0, 0.1) is 6.92 Å². The first-order valence-electron chi connectivity index (χ1n) is 5.66. The molecular weight excluding hydrogens is 226 g/mol. The van der Waals surface area contributed by atoms with Crippen molar-refractivity contribution in [2.24, 2.45) is 5.84 Å². The molecule has 3 rings (SSSR count). The number of hydrazine groups is 1. The number of nitrogens with two attached hydrogens (primary N) is 1. The molecule has 0 saturated heterocycles. The molecule has 2 heterocycles. The number of nitrogens with zero attached hydrogens (tertiary/aromatic N) is 3. The molecule has 5 nitrogen and oxygen atoms in total. The highest BCUT2D eigenvalue weighted by Gasteiger charge is 2.07. The van der Waals surface area contributed by atoms with Gasteiger partial charge in [-0.25, -0.2) is 15.3 Å². The Morgan fingerprint density at radius 1 is 1.22 bits per heavy atom. The lowest BCUT2D eigenvalue weighted by molar-refractivity contribution is 0.949. The summed E-state index contributed by atoms with van der Waals surface area (Å²) in [5.74, 6) is 6.04. The highest BCUT2D eigenvalue weighted by molar-refractivity contribution is 5.74. The Kier molecular flexibility index (Phi) is 2.46. The van der Waals surface area contributed by atoms with Gasteiger partial charge in [0, 0.05) is 18.0 Å². The zero-order chi connectivity index (χ0) is 12.5. The van der Waals surface area contributed by atoms with Crippen molar-refractivity contribution in [2.75, 3.05) is 5.43 Å². The van der Waals surface area contributed by atoms with Gasteiger partial charge in [0.15, 0.2) is 5.82 Å². The van der Waals surface area contributed by atoms with Gasteiger partial charge in [0.2, 0.25) is 0 Å². The van der Waals surface area contributed by atoms with Crippen LogP contribution < -0.4 is 11.3 Å². The van der Waals surface area contributed by atoms with E-state index in [1.165, 1.54) is 5.56 Å². The van der Waals surface area contributed by atoms with Crippen LogP contribution in [0.1, 0.15) is 5.56 Å². The van der Waals surface area contributed by atoms with E-state index in [1.807, 2.05) is 6.07 Å². The van der Waals surface area contributed by atoms with Gasteiger partial charge in [0.05, 0.1) is 5.69 Å². The predicted octanol–water partition coefficient (Wildman–Crippen LogP) is 1.99. The second-order valence-corrected chi connectivity index (χ2v) is 4.15. The van der Waals surface area contributed by atoms with Gasteiger partial charge in [-0.3, -0.25) is 0 Å². The fraction of sp³-hybridized carbons (Fsp3) is 0.0769. The van der Waals surface area contributed by atoms with E-state index < -0.39 is 0 Å². The summed E-state index contributed by atoms with van der Waals surface area (Å²) in [7, 11) is 0. The summed E-state index contributed by atoms with van der Waals surface area (Å²) in [6.07, 6.45) is 3.46. The SMILES string of the molecule is Cc1ccc(-c2cc3c(NN)nccn3n2)cc1. The van der Waals surface area contributed by atoms with Crippen LogP contribution in [0.25, 0.3) is 16.8 Å². The first kappa shape index (κ1) is 10.7. The quantitative estimate of drug-likeness (QED) is 0.530. The van der Waals surface area contributed by atoms with Crippen LogP contribution in [0.3, 0.4) is 0 Å². The number of benzene rings is 1. The molecule has 5 heteroatoms. The largest absolute Gasteiger partial charge is 0.307 e. The van der Waals surface area contributed by atoms with Crippen molar-refractivity contribution in [2.45, 2.75) is 6.92 Å². The lowest BCUT2D eigenvalue weighted by Crippen LogP contribution is -2.09. The molecule has 3 aromatic rings. The van der Waals surface area contributed by atoms with E-state index in [0.29, 0.717) is 5.82 Å². The number of aryl methyl sites for hydroxylation is 1. The van der Waals surface area contributed by atoms with E-state index in [4.69, 9.17) is 5.84 Å². The van der Waals surface area contributed by atoms with Gasteiger partial charge in [-0.1, -0.05) is 29.8 Å². The standard InChI is InChI=1S/C13H13N5/c1-9-2-4-10(5-3-9)11-8-12-13(16-14)15-6-7-18(12)17-11/h2-8H,14H2,1H3,(H,15,16). The topological polar surface area (TPSA) is 68.2 Å². The molecule has 0 aliphatic heterocycles. The van der Waals surface area contributed by atoms with Crippen LogP contribution in [0.5, 0.6) is 0 Å². The fourth-order valence-corrected chi connectivity index (χ4v) is 1.90. The molecule has 0 saturated carbocycles. The van der Waals surface area contributed by atoms with E-state index in [9.17, 15) is 0 Å². The van der Waals surface area contributed by atoms with E-state index in [2.05, 4.69) is 46.7 Å². The zero-order valence-corrected chi connectivity index (χ0v) is 9.96. The Morgan fingerprint density at radius 3 is 2.72 bits per heavy atom. The average molecular weight is 239 g/mol. The second kappa shape index (κ2) is 4.12. The summed E-state index contributed by atoms with van der Waals surface area (Å²) in [6, 6.07) is 10.2. The molecule has 18 heavy (non-hydrogen) atoms. The highest BCUT2D eigenvalue weighted by atomic mass is 15.3. The molecule has 2 aromatic heterocycles. The fourth-order valence-electron chi connectivity index (χ4n) is 1.90. The molecule has 1 aromatic carbocycles. The molecular formula is C13H13N5. The first-order chi connectivity index (χ1) is 8.78. The summed E-state index contributed by atoms with van der Waals surface area (Å²) in [5, 5.41) is 4.50. The molecule has 0 aliphatic rings. The van der Waals surface area contributed by atoms with Gasteiger partial charge in [0.1, 0.15) is 5.52 Å². The van der Waals surface area contributed by atoms with Crippen LogP contribution in [-0.4, -0.2) is 14.6 Å². The summed E-state index contributed by atoms with van der Waals surface area (Å²) in [4.78, 5) is 4.15. The summed E-state index contributed by atoms with van der Waals surface area (Å²) in [5.41, 5.74) is 6.64. The Bertz CT molecular complexity index is 684. The normalized spacial score (nSPS) is 10.8. The molecule has 0 spiro atoms. The van der Waals surface area contributed by atoms with Gasteiger partial charge in [-0.05, 0) is 13.0 Å². The highest BCUT2D eigenvalue weighted by Crippen LogP contribution is 2.22. The van der Waals surface area contributed by atoms with Crippen molar-refractivity contribution < 1.29 is 0 Å². The Balaban J connectivity index is 2.16. The summed E-state index contributed by atoms with van der Waals surface area (Å²) < 4.78 is 1.76. The number of hydrogen-bond acceptors (Lipinski definition) is 4. The number of nitrogen functional groups attached to an aromatic ring is 1. The van der Waals surface area contributed by atoms with Gasteiger partial charge in [0.25, 0.3) is 0 Å². The average Bonchev–Trinajstić information content (AvgIpc) is 2.83. The molecule has 0 atom stereocenters. The summed E-state index contributed by atoms with van der Waals surface area (Å²) in [6.45, 7) is 2.06. The number of rotatable bonds is 2. The molecule has 0 fully saturated rings. The smallest absolute Gasteiger partial charge is 0.166 e. The van der Waals surface area contributed by atoms with Crippen molar-refractivity contribution >= 4 is 11.3 Å². The predicted molar refractivity (Wildman–Crippen MR) is 71.0 cm³/mol. The number of fused-ring (bicyclic) bond motifs is 1. The zero-order valence-electron chi connectivity index (χ0n) is 9.96. The lowest BCUT2D eigenvalue weighted by atomic mass is 10.1. The third-order valence-corrected chi connectivity index (χ3v) is 2.87. The van der Waals surface area contributed by atoms with Crippen LogP contribution in [0.15, 0.2) is 42.7 Å². The van der Waals surface area contributed by atoms with Gasteiger partial charge in [-0.15, -0.1) is 0 Å². The second-order valence-electron chi connectivity index (χ2n) is 4.15. The molecule has 3 N–H and O–H groups in total. The van der Waals surface area contributed by atoms with E-state index in [-0.39, 0.29) is 0 Å². The minimum absolute atomic E-state index is 0.614. The van der Waals surface area contributed by atoms with Crippen molar-refractivity contribution in [1.29, 1.82) is 0 Å². The Morgan fingerprint density at radius 2 is 2.00 bits per heavy atom. The van der Waals surface area contributed by atoms with Crippen LogP contribution in [-0.2, 0) is 0 Å². The molecule has 0 radical (unpaired) electrons. The van der Waals surface area contributed by atoms with Crippen LogP contribution >= 0.6 is 0 Å². The monoisotopic (exact) mass is 239 g/mol. The van der Waals surface area contributed by atoms with Gasteiger partial charge in [-0.2, -0.15) is 5.10 Å². The van der Waals surface area contributed by atoms with E-state index in [0.717, 1.165) is 16.8 Å². The maximum atomic E-state index is 5.43. The Hall–Kier alpha value is -2.40. The lowest BCUT2D eigenvalue weighted by Gasteiger charge is -1.98. The van der Waals surface area contributed by atoms with Crippen LogP contribution in [0.2, 0.25) is 0 Å². The number of hydrogen-bond donors (Lipinski definition) is 2. The van der Waals surface area contributed by atoms with Gasteiger partial charge >= 0.3 is 0 Å². The maximum absolute atomic E-state index is 5.43. The molecule has 0 aliphatic carbocycles. The first-order valence-corrected chi connectivity index (χ1v) is 5.66. The van der Waals surface area contributed by atoms with Crippen molar-refractivity contribution in [3.8, 4) is 11.3 Å². The Labute approximate surface area is 104 Å². The molecule has 90 valence electrons. The third kappa shape index (κ3) is 1.70. The van der Waals surface area contributed by atoms with Gasteiger partial charge < -0.3 is 5.43 Å². The maximum Gasteiger partial charge on any atom is 0.166 e. The molecule has 0 bridgehead atoms. The third-order valence-electron chi connectivity index (χ3n) is 2.87. The molecule has 0 unspecified atom stereocenters. The van der Waals surface area contributed by atoms with E-state index in [1.54, 1.807) is 16.9 Å². The molecule has 0 amide bonds.